The number of amides is 2. The zero-order chi connectivity index (χ0) is 17.9. The lowest BCUT2D eigenvalue weighted by molar-refractivity contribution is -0.384. The maximum atomic E-state index is 12.2. The van der Waals surface area contributed by atoms with Crippen LogP contribution in [0.3, 0.4) is 0 Å². The monoisotopic (exact) mass is 337 g/mol. The molecular formula is C15H19N3O6. The number of nitro groups is 1. The van der Waals surface area contributed by atoms with E-state index in [1.165, 1.54) is 30.2 Å². The molecular weight excluding hydrogens is 318 g/mol. The second kappa shape index (κ2) is 6.73. The van der Waals surface area contributed by atoms with Crippen LogP contribution in [-0.4, -0.2) is 47.1 Å². The van der Waals surface area contributed by atoms with Gasteiger partial charge < -0.3 is 20.1 Å². The molecule has 0 bridgehead atoms. The molecule has 1 saturated heterocycles. The lowest BCUT2D eigenvalue weighted by Gasteiger charge is -2.20. The SMILES string of the molecule is COc1ccc([N+](=O)[O-])cc1CNC(=O)N1CCC(C)(C(=O)O)C1. The number of benzene rings is 1. The molecule has 0 saturated carbocycles. The van der Waals surface area contributed by atoms with Crippen molar-refractivity contribution in [2.75, 3.05) is 20.2 Å². The van der Waals surface area contributed by atoms with Crippen molar-refractivity contribution in [2.24, 2.45) is 5.41 Å². The highest BCUT2D eigenvalue weighted by molar-refractivity contribution is 5.79. The van der Waals surface area contributed by atoms with Gasteiger partial charge in [-0.2, -0.15) is 0 Å². The number of carbonyl (C=O) groups is 2. The lowest BCUT2D eigenvalue weighted by atomic mass is 9.90. The molecule has 130 valence electrons. The van der Waals surface area contributed by atoms with Crippen molar-refractivity contribution in [3.63, 3.8) is 0 Å². The molecule has 24 heavy (non-hydrogen) atoms. The van der Waals surface area contributed by atoms with Crippen LogP contribution in [0, 0.1) is 15.5 Å². The van der Waals surface area contributed by atoms with Gasteiger partial charge in [0.2, 0.25) is 0 Å². The number of rotatable bonds is 5. The Bertz CT molecular complexity index is 677. The molecule has 1 fully saturated rings. The maximum Gasteiger partial charge on any atom is 0.317 e. The number of nitrogens with zero attached hydrogens (tertiary/aromatic N) is 2. The lowest BCUT2D eigenvalue weighted by Crippen LogP contribution is -2.40. The highest BCUT2D eigenvalue weighted by Gasteiger charge is 2.42. The molecule has 0 radical (unpaired) electrons. The number of non-ortho nitro benzene ring substituents is 1. The van der Waals surface area contributed by atoms with Crippen LogP contribution < -0.4 is 10.1 Å². The summed E-state index contributed by atoms with van der Waals surface area (Å²) in [6, 6.07) is 3.72. The van der Waals surface area contributed by atoms with E-state index in [2.05, 4.69) is 5.32 Å². The second-order valence-electron chi connectivity index (χ2n) is 5.95. The van der Waals surface area contributed by atoms with Gasteiger partial charge in [0, 0.05) is 37.3 Å². The molecule has 1 unspecified atom stereocenters. The van der Waals surface area contributed by atoms with E-state index in [-0.39, 0.29) is 18.8 Å². The van der Waals surface area contributed by atoms with Crippen LogP contribution in [0.15, 0.2) is 18.2 Å². The Hall–Kier alpha value is -2.84. The minimum atomic E-state index is -0.944. The van der Waals surface area contributed by atoms with Gasteiger partial charge in [0.25, 0.3) is 5.69 Å². The van der Waals surface area contributed by atoms with Crippen LogP contribution in [0.1, 0.15) is 18.9 Å². The molecule has 1 aromatic rings. The van der Waals surface area contributed by atoms with Gasteiger partial charge in [-0.3, -0.25) is 14.9 Å². The van der Waals surface area contributed by atoms with Crippen molar-refractivity contribution in [3.8, 4) is 5.75 Å². The zero-order valence-corrected chi connectivity index (χ0v) is 13.4. The van der Waals surface area contributed by atoms with Gasteiger partial charge in [-0.05, 0) is 19.4 Å². The van der Waals surface area contributed by atoms with Crippen molar-refractivity contribution >= 4 is 17.7 Å². The summed E-state index contributed by atoms with van der Waals surface area (Å²) < 4.78 is 5.14. The summed E-state index contributed by atoms with van der Waals surface area (Å²) in [4.78, 5) is 35.2. The fraction of sp³-hybridized carbons (Fsp3) is 0.467. The first-order valence-electron chi connectivity index (χ1n) is 7.34. The number of urea groups is 1. The maximum absolute atomic E-state index is 12.2. The van der Waals surface area contributed by atoms with E-state index in [1.807, 2.05) is 0 Å². The molecule has 2 amide bonds. The molecule has 1 atom stereocenters. The Morgan fingerprint density at radius 2 is 2.21 bits per heavy atom. The van der Waals surface area contributed by atoms with Crippen molar-refractivity contribution < 1.29 is 24.4 Å². The third kappa shape index (κ3) is 3.55. The van der Waals surface area contributed by atoms with E-state index in [0.717, 1.165) is 0 Å². The smallest absolute Gasteiger partial charge is 0.317 e. The van der Waals surface area contributed by atoms with Crippen molar-refractivity contribution in [1.82, 2.24) is 10.2 Å². The molecule has 1 aromatic carbocycles. The molecule has 1 aliphatic rings. The quantitative estimate of drug-likeness (QED) is 0.622. The van der Waals surface area contributed by atoms with E-state index >= 15 is 0 Å². The minimum absolute atomic E-state index is 0.0456. The standard InChI is InChI=1S/C15H19N3O6/c1-15(13(19)20)5-6-17(9-15)14(21)16-8-10-7-11(18(22)23)3-4-12(10)24-2/h3-4,7H,5-6,8-9H2,1-2H3,(H,16,21)(H,19,20). The summed E-state index contributed by atoms with van der Waals surface area (Å²) in [6.45, 7) is 2.12. The summed E-state index contributed by atoms with van der Waals surface area (Å²) in [5, 5.41) is 22.7. The summed E-state index contributed by atoms with van der Waals surface area (Å²) in [5.74, 6) is -0.504. The minimum Gasteiger partial charge on any atom is -0.496 e. The van der Waals surface area contributed by atoms with Gasteiger partial charge in [0.1, 0.15) is 5.75 Å². The van der Waals surface area contributed by atoms with Gasteiger partial charge in [0.05, 0.1) is 17.4 Å². The number of likely N-dealkylation sites (tertiary alicyclic amines) is 1. The Morgan fingerprint density at radius 3 is 2.75 bits per heavy atom. The van der Waals surface area contributed by atoms with E-state index < -0.39 is 22.3 Å². The predicted octanol–water partition coefficient (Wildman–Crippen LogP) is 1.61. The van der Waals surface area contributed by atoms with Crippen LogP contribution in [0.5, 0.6) is 5.75 Å². The Labute approximate surface area is 138 Å². The fourth-order valence-electron chi connectivity index (χ4n) is 2.61. The first-order chi connectivity index (χ1) is 11.3. The summed E-state index contributed by atoms with van der Waals surface area (Å²) in [6.07, 6.45) is 0.385. The molecule has 9 nitrogen and oxygen atoms in total. The second-order valence-corrected chi connectivity index (χ2v) is 5.95. The van der Waals surface area contributed by atoms with Gasteiger partial charge in [-0.15, -0.1) is 0 Å². The number of carbonyl (C=O) groups excluding carboxylic acids is 1. The van der Waals surface area contributed by atoms with Crippen LogP contribution in [0.4, 0.5) is 10.5 Å². The largest absolute Gasteiger partial charge is 0.496 e. The van der Waals surface area contributed by atoms with Crippen molar-refractivity contribution in [3.05, 3.63) is 33.9 Å². The molecule has 2 rings (SSSR count). The average Bonchev–Trinajstić information content (AvgIpc) is 2.96. The van der Waals surface area contributed by atoms with E-state index in [9.17, 15) is 24.8 Å². The third-order valence-electron chi connectivity index (χ3n) is 4.18. The summed E-state index contributed by atoms with van der Waals surface area (Å²) in [5.41, 5.74) is -0.569. The number of hydrogen-bond acceptors (Lipinski definition) is 5. The van der Waals surface area contributed by atoms with Crippen molar-refractivity contribution in [2.45, 2.75) is 19.9 Å². The van der Waals surface area contributed by atoms with Gasteiger partial charge in [0.15, 0.2) is 0 Å². The topological polar surface area (TPSA) is 122 Å². The summed E-state index contributed by atoms with van der Waals surface area (Å²) in [7, 11) is 1.44. The Balaban J connectivity index is 2.03. The van der Waals surface area contributed by atoms with E-state index in [0.29, 0.717) is 24.3 Å². The molecule has 9 heteroatoms. The van der Waals surface area contributed by atoms with Crippen LogP contribution in [0.25, 0.3) is 0 Å². The first kappa shape index (κ1) is 17.5. The molecule has 0 aliphatic carbocycles. The normalized spacial score (nSPS) is 19.8. The number of carboxylic acid groups (broad SMARTS) is 1. The molecule has 0 aromatic heterocycles. The molecule has 0 spiro atoms. The van der Waals surface area contributed by atoms with Crippen LogP contribution >= 0.6 is 0 Å². The first-order valence-corrected chi connectivity index (χ1v) is 7.34. The average molecular weight is 337 g/mol. The highest BCUT2D eigenvalue weighted by Crippen LogP contribution is 2.30. The number of hydrogen-bond donors (Lipinski definition) is 2. The summed E-state index contributed by atoms with van der Waals surface area (Å²) >= 11 is 0. The van der Waals surface area contributed by atoms with Crippen molar-refractivity contribution in [1.29, 1.82) is 0 Å². The van der Waals surface area contributed by atoms with Gasteiger partial charge in [-0.25, -0.2) is 4.79 Å². The van der Waals surface area contributed by atoms with Gasteiger partial charge in [-0.1, -0.05) is 0 Å². The Kier molecular flexibility index (Phi) is 4.91. The molecule has 2 N–H and O–H groups in total. The molecule has 1 heterocycles. The predicted molar refractivity (Wildman–Crippen MR) is 83.8 cm³/mol. The zero-order valence-electron chi connectivity index (χ0n) is 13.4. The number of carboxylic acids is 1. The third-order valence-corrected chi connectivity index (χ3v) is 4.18. The van der Waals surface area contributed by atoms with E-state index in [4.69, 9.17) is 4.74 Å². The number of aliphatic carboxylic acids is 1. The number of nitrogens with one attached hydrogen (secondary N) is 1. The number of methoxy groups -OCH3 is 1. The van der Waals surface area contributed by atoms with Crippen LogP contribution in [0.2, 0.25) is 0 Å². The molecule has 1 aliphatic heterocycles. The number of nitro benzene ring substituents is 1. The van der Waals surface area contributed by atoms with E-state index in [1.54, 1.807) is 6.92 Å². The van der Waals surface area contributed by atoms with Crippen LogP contribution in [-0.2, 0) is 11.3 Å². The number of ether oxygens (including phenoxy) is 1. The fourth-order valence-corrected chi connectivity index (χ4v) is 2.61. The highest BCUT2D eigenvalue weighted by atomic mass is 16.6. The Morgan fingerprint density at radius 1 is 1.50 bits per heavy atom. The van der Waals surface area contributed by atoms with Gasteiger partial charge >= 0.3 is 12.0 Å².